The Kier molecular flexibility index (Phi) is 1.96. The average Bonchev–Trinajstić information content (AvgIpc) is 2.83. The van der Waals surface area contributed by atoms with Gasteiger partial charge in [0.05, 0.1) is 0 Å². The van der Waals surface area contributed by atoms with Crippen molar-refractivity contribution >= 4 is 12.2 Å². The number of aromatic amines is 1. The molecule has 0 radical (unpaired) electrons. The average molecular weight is 282 g/mol. The van der Waals surface area contributed by atoms with Crippen molar-refractivity contribution in [1.29, 1.82) is 0 Å². The van der Waals surface area contributed by atoms with Crippen LogP contribution in [0.4, 0.5) is 13.2 Å². The van der Waals surface area contributed by atoms with Crippen LogP contribution in [0, 0.1) is 22.2 Å². The van der Waals surface area contributed by atoms with Crippen LogP contribution in [0.25, 0.3) is 0 Å². The molecule has 1 N–H and O–H groups in total. The van der Waals surface area contributed by atoms with Gasteiger partial charge < -0.3 is 9.55 Å². The van der Waals surface area contributed by atoms with Crippen LogP contribution in [-0.4, -0.2) is 9.55 Å². The highest BCUT2D eigenvalue weighted by molar-refractivity contribution is 7.71. The summed E-state index contributed by atoms with van der Waals surface area (Å²) in [6.07, 6.45) is 2.41. The quantitative estimate of drug-likeness (QED) is 0.628. The molecular weight excluding hydrogens is 273 g/mol. The topological polar surface area (TPSA) is 20.7 Å². The summed E-state index contributed by atoms with van der Waals surface area (Å²) in [5, 5.41) is 0. The van der Waals surface area contributed by atoms with Gasteiger partial charge in [0.2, 0.25) is 0 Å². The van der Waals surface area contributed by atoms with E-state index in [-0.39, 0.29) is 11.5 Å². The molecule has 1 aliphatic carbocycles. The Morgan fingerprint density at radius 1 is 1.26 bits per heavy atom. The van der Waals surface area contributed by atoms with Crippen LogP contribution in [0.3, 0.4) is 0 Å². The lowest BCUT2D eigenvalue weighted by Gasteiger charge is -2.15. The Balaban J connectivity index is 1.90. The summed E-state index contributed by atoms with van der Waals surface area (Å²) in [6, 6.07) is 1.82. The van der Waals surface area contributed by atoms with E-state index < -0.39 is 22.9 Å². The van der Waals surface area contributed by atoms with E-state index in [2.05, 4.69) is 4.98 Å². The molecular formula is C13H9F3N2S. The summed E-state index contributed by atoms with van der Waals surface area (Å²) < 4.78 is 43.6. The molecule has 1 aromatic carbocycles. The first kappa shape index (κ1) is 11.3. The summed E-state index contributed by atoms with van der Waals surface area (Å²) >= 11 is 5.12. The number of fused-ring (bicyclic) bond motifs is 3. The number of hydrogen-bond acceptors (Lipinski definition) is 1. The Labute approximate surface area is 111 Å². The number of halogens is 3. The maximum absolute atomic E-state index is 14.0. The van der Waals surface area contributed by atoms with Gasteiger partial charge in [0.1, 0.15) is 5.82 Å². The van der Waals surface area contributed by atoms with E-state index in [1.165, 1.54) is 0 Å². The number of nitrogens with one attached hydrogen (secondary N) is 1. The fourth-order valence-corrected chi connectivity index (χ4v) is 3.58. The minimum Gasteiger partial charge on any atom is -0.337 e. The first-order valence-electron chi connectivity index (χ1n) is 5.97. The monoisotopic (exact) mass is 282 g/mol. The second-order valence-electron chi connectivity index (χ2n) is 5.24. The normalized spacial score (nSPS) is 27.2. The van der Waals surface area contributed by atoms with Crippen molar-refractivity contribution in [3.8, 4) is 0 Å². The number of hydrogen-bond donors (Lipinski definition) is 1. The number of H-pyrrole nitrogens is 1. The predicted molar refractivity (Wildman–Crippen MR) is 65.0 cm³/mol. The van der Waals surface area contributed by atoms with Crippen LogP contribution in [0.15, 0.2) is 18.3 Å². The molecule has 0 bridgehead atoms. The van der Waals surface area contributed by atoms with Crippen LogP contribution < -0.4 is 0 Å². The van der Waals surface area contributed by atoms with Crippen molar-refractivity contribution in [2.75, 3.05) is 0 Å². The van der Waals surface area contributed by atoms with Gasteiger partial charge in [0.25, 0.3) is 0 Å². The van der Waals surface area contributed by atoms with Crippen molar-refractivity contribution in [3.63, 3.8) is 0 Å². The third-order valence-corrected chi connectivity index (χ3v) is 4.65. The highest BCUT2D eigenvalue weighted by Gasteiger charge is 2.63. The minimum absolute atomic E-state index is 0.0197. The Hall–Kier alpha value is -1.56. The minimum atomic E-state index is -1.07. The summed E-state index contributed by atoms with van der Waals surface area (Å²) in [6.45, 7) is 0.409. The van der Waals surface area contributed by atoms with Gasteiger partial charge in [-0.15, -0.1) is 0 Å². The smallest absolute Gasteiger partial charge is 0.177 e. The second-order valence-corrected chi connectivity index (χ2v) is 5.62. The molecule has 1 saturated carbocycles. The Bertz CT molecular complexity index is 764. The number of rotatable bonds is 1. The van der Waals surface area contributed by atoms with Gasteiger partial charge in [0.15, 0.2) is 16.4 Å². The fourth-order valence-electron chi connectivity index (χ4n) is 3.35. The van der Waals surface area contributed by atoms with E-state index in [9.17, 15) is 13.2 Å². The van der Waals surface area contributed by atoms with Crippen LogP contribution in [-0.2, 0) is 12.0 Å². The fraction of sp³-hybridized carbons (Fsp3) is 0.308. The molecule has 2 heterocycles. The molecule has 2 atom stereocenters. The van der Waals surface area contributed by atoms with Crippen molar-refractivity contribution in [3.05, 3.63) is 51.8 Å². The Morgan fingerprint density at radius 2 is 2.00 bits per heavy atom. The zero-order chi connectivity index (χ0) is 13.4. The molecule has 6 heteroatoms. The summed E-state index contributed by atoms with van der Waals surface area (Å²) in [5.41, 5.74) is 0.164. The number of aromatic nitrogens is 2. The van der Waals surface area contributed by atoms with Crippen molar-refractivity contribution in [1.82, 2.24) is 9.55 Å². The number of nitrogens with zero attached hydrogens (tertiary/aromatic N) is 1. The van der Waals surface area contributed by atoms with E-state index in [1.54, 1.807) is 6.20 Å². The van der Waals surface area contributed by atoms with E-state index in [0.29, 0.717) is 17.7 Å². The zero-order valence-electron chi connectivity index (χ0n) is 9.71. The van der Waals surface area contributed by atoms with Crippen molar-refractivity contribution < 1.29 is 13.2 Å². The van der Waals surface area contributed by atoms with Gasteiger partial charge in [-0.1, -0.05) is 0 Å². The van der Waals surface area contributed by atoms with Crippen LogP contribution in [0.1, 0.15) is 23.6 Å². The Morgan fingerprint density at radius 3 is 2.74 bits per heavy atom. The standard InChI is InChI=1S/C13H9F3N2S/c14-7-1-2-8(15)11(16)10(7)13-3-6(13)9-4-17-12(19)18(9)5-13/h1-2,4,6H,3,5H2,(H,17,19)/t6-,13-/m0/s1. The molecule has 4 rings (SSSR count). The summed E-state index contributed by atoms with van der Waals surface area (Å²) in [7, 11) is 0. The van der Waals surface area contributed by atoms with Gasteiger partial charge in [-0.2, -0.15) is 0 Å². The van der Waals surface area contributed by atoms with E-state index in [1.807, 2.05) is 4.57 Å². The first-order valence-corrected chi connectivity index (χ1v) is 6.37. The van der Waals surface area contributed by atoms with Crippen molar-refractivity contribution in [2.24, 2.45) is 0 Å². The highest BCUT2D eigenvalue weighted by Crippen LogP contribution is 2.66. The molecule has 19 heavy (non-hydrogen) atoms. The van der Waals surface area contributed by atoms with Gasteiger partial charge >= 0.3 is 0 Å². The third-order valence-electron chi connectivity index (χ3n) is 4.31. The zero-order valence-corrected chi connectivity index (χ0v) is 10.5. The number of imidazole rings is 1. The maximum atomic E-state index is 14.0. The van der Waals surface area contributed by atoms with Gasteiger partial charge in [-0.3, -0.25) is 0 Å². The SMILES string of the molecule is Fc1ccc(F)c([C@]23C[C@H]2c2c[nH]c(=S)n2C3)c1F. The molecule has 1 aliphatic heterocycles. The maximum Gasteiger partial charge on any atom is 0.177 e. The largest absolute Gasteiger partial charge is 0.337 e. The van der Waals surface area contributed by atoms with Crippen molar-refractivity contribution in [2.45, 2.75) is 24.3 Å². The number of benzene rings is 1. The first-order chi connectivity index (χ1) is 9.04. The molecule has 2 aromatic rings. The molecule has 1 fully saturated rings. The molecule has 1 aromatic heterocycles. The third kappa shape index (κ3) is 1.25. The molecule has 2 aliphatic rings. The lowest BCUT2D eigenvalue weighted by Crippen LogP contribution is -2.17. The summed E-state index contributed by atoms with van der Waals surface area (Å²) in [5.74, 6) is -2.73. The molecule has 0 spiro atoms. The van der Waals surface area contributed by atoms with E-state index in [0.717, 1.165) is 17.8 Å². The van der Waals surface area contributed by atoms with E-state index in [4.69, 9.17) is 12.2 Å². The molecule has 98 valence electrons. The van der Waals surface area contributed by atoms with E-state index >= 15 is 0 Å². The molecule has 0 amide bonds. The molecule has 0 saturated heterocycles. The van der Waals surface area contributed by atoms with Gasteiger partial charge in [-0.05, 0) is 30.8 Å². The van der Waals surface area contributed by atoms with Gasteiger partial charge in [-0.25, -0.2) is 13.2 Å². The lowest BCUT2D eigenvalue weighted by atomic mass is 9.93. The molecule has 0 unspecified atom stereocenters. The summed E-state index contributed by atoms with van der Waals surface area (Å²) in [4.78, 5) is 2.92. The van der Waals surface area contributed by atoms with Crippen LogP contribution >= 0.6 is 12.2 Å². The molecule has 2 nitrogen and oxygen atoms in total. The van der Waals surface area contributed by atoms with Crippen LogP contribution in [0.2, 0.25) is 0 Å². The lowest BCUT2D eigenvalue weighted by molar-refractivity contribution is 0.445. The predicted octanol–water partition coefficient (Wildman–Crippen LogP) is 3.40. The highest BCUT2D eigenvalue weighted by atomic mass is 32.1. The van der Waals surface area contributed by atoms with Gasteiger partial charge in [0, 0.05) is 35.3 Å². The second kappa shape index (κ2) is 3.30. The van der Waals surface area contributed by atoms with Crippen LogP contribution in [0.5, 0.6) is 0 Å².